The zero-order valence-corrected chi connectivity index (χ0v) is 24.4. The molecule has 0 aromatic heterocycles. The first-order chi connectivity index (χ1) is 20.1. The Balaban J connectivity index is 1.46. The van der Waals surface area contributed by atoms with Gasteiger partial charge in [-0.25, -0.2) is 4.79 Å². The van der Waals surface area contributed by atoms with Crippen LogP contribution in [0, 0.1) is 11.8 Å². The van der Waals surface area contributed by atoms with Crippen LogP contribution in [-0.2, 0) is 4.79 Å². The second-order valence-electron chi connectivity index (χ2n) is 11.6. The number of nitrogens with two attached hydrogens (primary N) is 1. The van der Waals surface area contributed by atoms with Crippen molar-refractivity contribution in [2.24, 2.45) is 11.8 Å². The number of hydrogen-bond donors (Lipinski definition) is 1. The average molecular weight is 568 g/mol. The quantitative estimate of drug-likeness (QED) is 0.140. The van der Waals surface area contributed by atoms with Gasteiger partial charge in [-0.15, -0.1) is 0 Å². The highest BCUT2D eigenvalue weighted by molar-refractivity contribution is 7.97. The van der Waals surface area contributed by atoms with Crippen molar-refractivity contribution in [2.45, 2.75) is 70.8 Å². The van der Waals surface area contributed by atoms with Crippen molar-refractivity contribution >= 4 is 32.5 Å². The molecule has 212 valence electrons. The molecule has 3 aromatic rings. The van der Waals surface area contributed by atoms with Gasteiger partial charge in [0.1, 0.15) is 11.5 Å². The number of nitrogen functional groups attached to an aromatic ring is 1. The van der Waals surface area contributed by atoms with E-state index in [0.29, 0.717) is 51.1 Å². The Kier molecular flexibility index (Phi) is 8.13. The SMILES string of the molecule is CCCCOc1ccc(-c2cc(OC3CCC4CCCCC4C3)c(N)c3c2C(=O)c2ccccc2C3=S=C=O)cc1. The summed E-state index contributed by atoms with van der Waals surface area (Å²) in [7, 11) is 0.944. The number of benzene rings is 3. The Bertz CT molecular complexity index is 1550. The van der Waals surface area contributed by atoms with Gasteiger partial charge in [0, 0.05) is 22.3 Å². The first-order valence-electron chi connectivity index (χ1n) is 15.0. The standard InChI is InChI=1S/C35H37NO4S/c1-2-3-18-39-25-15-13-23(14-16-25)29-20-30(40-26-17-12-22-8-4-5-9-24(22)19-26)33(36)32-31(29)34(38)27-10-6-7-11-28(27)35(32)41-21-37/h6-7,10-11,13-16,20,22,24,26H,2-5,8-9,12,17-19,36H2,1H3. The Labute approximate surface area is 245 Å². The summed E-state index contributed by atoms with van der Waals surface area (Å²) < 4.78 is 12.6. The minimum atomic E-state index is -0.106. The number of anilines is 1. The van der Waals surface area contributed by atoms with Gasteiger partial charge >= 0.3 is 0 Å². The summed E-state index contributed by atoms with van der Waals surface area (Å²) in [4.78, 5) is 26.5. The molecular weight excluding hydrogens is 530 g/mol. The van der Waals surface area contributed by atoms with E-state index in [2.05, 4.69) is 6.92 Å². The van der Waals surface area contributed by atoms with Gasteiger partial charge in [0.2, 0.25) is 0 Å². The predicted molar refractivity (Wildman–Crippen MR) is 167 cm³/mol. The number of rotatable bonds is 7. The summed E-state index contributed by atoms with van der Waals surface area (Å²) in [6.07, 6.45) is 10.6. The number of hydrogen-bond acceptors (Lipinski definition) is 5. The molecule has 3 unspecified atom stereocenters. The van der Waals surface area contributed by atoms with Crippen molar-refractivity contribution in [1.29, 1.82) is 0 Å². The number of fused-ring (bicyclic) bond motifs is 3. The Morgan fingerprint density at radius 2 is 1.68 bits per heavy atom. The molecule has 6 heteroatoms. The highest BCUT2D eigenvalue weighted by Crippen LogP contribution is 2.46. The van der Waals surface area contributed by atoms with Gasteiger partial charge in [-0.3, -0.25) is 4.79 Å². The molecule has 5 nitrogen and oxygen atoms in total. The Morgan fingerprint density at radius 1 is 0.927 bits per heavy atom. The number of ether oxygens (including phenoxy) is 2. The second-order valence-corrected chi connectivity index (χ2v) is 12.3. The normalized spacial score (nSPS) is 21.2. The summed E-state index contributed by atoms with van der Waals surface area (Å²) in [5, 5.41) is 1.99. The number of carbonyl (C=O) groups is 1. The molecule has 2 N–H and O–H groups in total. The molecule has 0 heterocycles. The van der Waals surface area contributed by atoms with Gasteiger partial charge in [0.05, 0.1) is 23.3 Å². The van der Waals surface area contributed by atoms with Gasteiger partial charge in [-0.2, -0.15) is 0 Å². The van der Waals surface area contributed by atoms with Crippen LogP contribution in [0.3, 0.4) is 0 Å². The number of ketones is 1. The molecule has 6 rings (SSSR count). The van der Waals surface area contributed by atoms with Crippen LogP contribution in [0.25, 0.3) is 11.1 Å². The molecule has 3 aliphatic carbocycles. The van der Waals surface area contributed by atoms with Crippen LogP contribution in [0.2, 0.25) is 0 Å². The van der Waals surface area contributed by atoms with Gasteiger partial charge in [-0.1, -0.05) is 75.4 Å². The monoisotopic (exact) mass is 567 g/mol. The lowest BCUT2D eigenvalue weighted by atomic mass is 9.70. The minimum absolute atomic E-state index is 0.0807. The molecule has 2 fully saturated rings. The summed E-state index contributed by atoms with van der Waals surface area (Å²) in [5.41, 5.74) is 11.2. The van der Waals surface area contributed by atoms with E-state index < -0.39 is 0 Å². The third kappa shape index (κ3) is 5.39. The number of carbonyl (C=O) groups excluding carboxylic acids is 2. The zero-order chi connectivity index (χ0) is 28.3. The molecule has 0 amide bonds. The van der Waals surface area contributed by atoms with Crippen molar-refractivity contribution in [3.8, 4) is 22.6 Å². The molecule has 0 bridgehead atoms. The molecule has 0 radical (unpaired) electrons. The molecule has 0 aliphatic heterocycles. The van der Waals surface area contributed by atoms with Crippen molar-refractivity contribution in [3.05, 3.63) is 76.9 Å². The maximum absolute atomic E-state index is 14.1. The van der Waals surface area contributed by atoms with E-state index in [-0.39, 0.29) is 11.9 Å². The zero-order valence-electron chi connectivity index (χ0n) is 23.6. The largest absolute Gasteiger partial charge is 0.494 e. The first-order valence-corrected chi connectivity index (χ1v) is 15.8. The fourth-order valence-corrected chi connectivity index (χ4v) is 7.63. The highest BCUT2D eigenvalue weighted by Gasteiger charge is 2.36. The summed E-state index contributed by atoms with van der Waals surface area (Å²) >= 11 is 0. The fraction of sp³-hybridized carbons (Fsp3) is 0.400. The van der Waals surface area contributed by atoms with E-state index in [0.717, 1.165) is 59.4 Å². The summed E-state index contributed by atoms with van der Waals surface area (Å²) in [6.45, 7) is 2.81. The second kappa shape index (κ2) is 12.1. The minimum Gasteiger partial charge on any atom is -0.494 e. The Hall–Kier alpha value is -3.60. The summed E-state index contributed by atoms with van der Waals surface area (Å²) in [6, 6.07) is 17.2. The van der Waals surface area contributed by atoms with E-state index in [1.165, 1.54) is 32.1 Å². The van der Waals surface area contributed by atoms with Crippen LogP contribution in [-0.4, -0.2) is 28.6 Å². The van der Waals surface area contributed by atoms with Crippen molar-refractivity contribution < 1.29 is 19.1 Å². The maximum Gasteiger partial charge on any atom is 0.195 e. The fourth-order valence-electron chi connectivity index (χ4n) is 6.95. The van der Waals surface area contributed by atoms with Crippen molar-refractivity contribution in [3.63, 3.8) is 0 Å². The maximum atomic E-state index is 14.1. The Morgan fingerprint density at radius 3 is 2.44 bits per heavy atom. The van der Waals surface area contributed by atoms with E-state index in [9.17, 15) is 9.59 Å². The van der Waals surface area contributed by atoms with E-state index >= 15 is 0 Å². The van der Waals surface area contributed by atoms with Gasteiger partial charge in [-0.05, 0) is 77.8 Å². The van der Waals surface area contributed by atoms with Crippen LogP contribution in [0.1, 0.15) is 91.8 Å². The molecule has 41 heavy (non-hydrogen) atoms. The van der Waals surface area contributed by atoms with Crippen LogP contribution >= 0.6 is 10.9 Å². The van der Waals surface area contributed by atoms with Crippen LogP contribution in [0.15, 0.2) is 54.6 Å². The van der Waals surface area contributed by atoms with E-state index in [4.69, 9.17) is 15.2 Å². The summed E-state index contributed by atoms with van der Waals surface area (Å²) in [5.74, 6) is 2.79. The van der Waals surface area contributed by atoms with Crippen LogP contribution in [0.4, 0.5) is 5.69 Å². The highest BCUT2D eigenvalue weighted by atomic mass is 32.1. The molecule has 2 saturated carbocycles. The molecule has 3 aliphatic rings. The molecule has 0 saturated heterocycles. The van der Waals surface area contributed by atoms with Crippen molar-refractivity contribution in [1.82, 2.24) is 0 Å². The lowest BCUT2D eigenvalue weighted by molar-refractivity contribution is 0.0652. The molecule has 3 atom stereocenters. The topological polar surface area (TPSA) is 78.6 Å². The first kappa shape index (κ1) is 27.6. The third-order valence-corrected chi connectivity index (χ3v) is 9.77. The number of unbranched alkanes of at least 4 members (excludes halogenated alkanes) is 1. The lowest BCUT2D eigenvalue weighted by Crippen LogP contribution is -2.33. The third-order valence-electron chi connectivity index (χ3n) is 9.06. The average Bonchev–Trinajstić information content (AvgIpc) is 3.01. The van der Waals surface area contributed by atoms with Crippen LogP contribution in [0.5, 0.6) is 11.5 Å². The molecule has 3 aromatic carbocycles. The predicted octanol–water partition coefficient (Wildman–Crippen LogP) is 7.77. The van der Waals surface area contributed by atoms with Crippen molar-refractivity contribution in [2.75, 3.05) is 12.3 Å². The van der Waals surface area contributed by atoms with Gasteiger partial charge in [0.15, 0.2) is 11.0 Å². The van der Waals surface area contributed by atoms with Gasteiger partial charge < -0.3 is 15.2 Å². The van der Waals surface area contributed by atoms with Crippen LogP contribution < -0.4 is 15.2 Å². The smallest absolute Gasteiger partial charge is 0.195 e. The molecule has 0 spiro atoms. The van der Waals surface area contributed by atoms with Gasteiger partial charge in [0.25, 0.3) is 0 Å². The molecular formula is C35H37NO4S. The van der Waals surface area contributed by atoms with E-state index in [1.54, 1.807) is 0 Å². The lowest BCUT2D eigenvalue weighted by Gasteiger charge is -2.39. The van der Waals surface area contributed by atoms with E-state index in [1.807, 2.05) is 59.8 Å².